The smallest absolute Gasteiger partial charge is 0.339 e. The van der Waals surface area contributed by atoms with Crippen LogP contribution in [0.25, 0.3) is 0 Å². The molecule has 0 aromatic heterocycles. The van der Waals surface area contributed by atoms with E-state index in [1.165, 1.54) is 25.1 Å². The van der Waals surface area contributed by atoms with Crippen LogP contribution in [0.2, 0.25) is 0 Å². The lowest BCUT2D eigenvalue weighted by molar-refractivity contribution is -0.385. The summed E-state index contributed by atoms with van der Waals surface area (Å²) < 4.78 is 5.56. The van der Waals surface area contributed by atoms with Gasteiger partial charge in [-0.3, -0.25) is 14.9 Å². The largest absolute Gasteiger partial charge is 0.444 e. The number of rotatable bonds is 5. The second kappa shape index (κ2) is 7.99. The molecule has 2 aromatic rings. The number of hydrogen-bond acceptors (Lipinski definition) is 5. The van der Waals surface area contributed by atoms with Crippen molar-refractivity contribution in [3.63, 3.8) is 0 Å². The fourth-order valence-electron chi connectivity index (χ4n) is 3.21. The van der Waals surface area contributed by atoms with Gasteiger partial charge in [-0.05, 0) is 25.8 Å². The van der Waals surface area contributed by atoms with Crippen LogP contribution in [0.1, 0.15) is 40.4 Å². The predicted molar refractivity (Wildman–Crippen MR) is 98.2 cm³/mol. The summed E-state index contributed by atoms with van der Waals surface area (Å²) >= 11 is 0. The minimum atomic E-state index is -1.07. The monoisotopic (exact) mass is 368 g/mol. The van der Waals surface area contributed by atoms with E-state index < -0.39 is 17.0 Å². The minimum absolute atomic E-state index is 0.0827. The Labute approximate surface area is 156 Å². The highest BCUT2D eigenvalue weighted by Crippen LogP contribution is 2.27. The summed E-state index contributed by atoms with van der Waals surface area (Å²) in [4.78, 5) is 37.9. The topological polar surface area (TPSA) is 89.8 Å². The van der Waals surface area contributed by atoms with Crippen molar-refractivity contribution in [2.24, 2.45) is 0 Å². The number of ether oxygens (including phenoxy) is 1. The molecule has 0 radical (unpaired) electrons. The fourth-order valence-corrected chi connectivity index (χ4v) is 3.21. The Kier molecular flexibility index (Phi) is 5.49. The third-order valence-electron chi connectivity index (χ3n) is 4.69. The van der Waals surface area contributed by atoms with E-state index >= 15 is 0 Å². The van der Waals surface area contributed by atoms with Crippen molar-refractivity contribution in [2.45, 2.75) is 25.9 Å². The molecule has 0 bridgehead atoms. The van der Waals surface area contributed by atoms with Crippen molar-refractivity contribution in [1.82, 2.24) is 4.90 Å². The van der Waals surface area contributed by atoms with Crippen LogP contribution in [0, 0.1) is 17.0 Å². The molecule has 7 nitrogen and oxygen atoms in total. The van der Waals surface area contributed by atoms with Crippen LogP contribution in [-0.4, -0.2) is 34.8 Å². The molecule has 1 atom stereocenters. The zero-order valence-electron chi connectivity index (χ0n) is 15.0. The van der Waals surface area contributed by atoms with Crippen molar-refractivity contribution < 1.29 is 19.2 Å². The summed E-state index contributed by atoms with van der Waals surface area (Å²) in [5.41, 5.74) is 0.713. The van der Waals surface area contributed by atoms with E-state index in [4.69, 9.17) is 4.74 Å². The van der Waals surface area contributed by atoms with E-state index in [0.717, 1.165) is 12.8 Å². The number of nitro groups is 1. The first-order valence-corrected chi connectivity index (χ1v) is 8.77. The number of hydrogen-bond donors (Lipinski definition) is 0. The molecule has 0 N–H and O–H groups in total. The van der Waals surface area contributed by atoms with Gasteiger partial charge in [0.2, 0.25) is 6.10 Å². The van der Waals surface area contributed by atoms with Gasteiger partial charge in [-0.25, -0.2) is 4.79 Å². The number of nitro benzene ring substituents is 1. The zero-order chi connectivity index (χ0) is 19.4. The molecule has 1 heterocycles. The Balaban J connectivity index is 1.90. The number of carbonyl (C=O) groups is 2. The van der Waals surface area contributed by atoms with Gasteiger partial charge in [0.25, 0.3) is 11.6 Å². The Morgan fingerprint density at radius 2 is 1.74 bits per heavy atom. The first-order valence-electron chi connectivity index (χ1n) is 8.77. The molecule has 0 aliphatic carbocycles. The van der Waals surface area contributed by atoms with Crippen molar-refractivity contribution in [1.29, 1.82) is 0 Å². The Hall–Kier alpha value is -3.22. The SMILES string of the molecule is Cc1c(C(=O)O[C@H](C(=O)N2CCCC2)c2ccccc2)cccc1[N+](=O)[O-]. The summed E-state index contributed by atoms with van der Waals surface area (Å²) in [5, 5.41) is 11.1. The molecule has 1 fully saturated rings. The van der Waals surface area contributed by atoms with Gasteiger partial charge in [0, 0.05) is 30.3 Å². The number of amides is 1. The third-order valence-corrected chi connectivity index (χ3v) is 4.69. The number of nitrogens with zero attached hydrogens (tertiary/aromatic N) is 2. The summed E-state index contributed by atoms with van der Waals surface area (Å²) in [5.74, 6) is -1.02. The lowest BCUT2D eigenvalue weighted by Crippen LogP contribution is -2.35. The molecule has 1 aliphatic rings. The maximum Gasteiger partial charge on any atom is 0.339 e. The van der Waals surface area contributed by atoms with Crippen LogP contribution in [0.4, 0.5) is 5.69 Å². The average Bonchev–Trinajstić information content (AvgIpc) is 3.21. The Morgan fingerprint density at radius 1 is 1.07 bits per heavy atom. The molecule has 27 heavy (non-hydrogen) atoms. The van der Waals surface area contributed by atoms with E-state index in [-0.39, 0.29) is 22.7 Å². The summed E-state index contributed by atoms with van der Waals surface area (Å²) in [7, 11) is 0. The van der Waals surface area contributed by atoms with Crippen LogP contribution < -0.4 is 0 Å². The molecule has 2 aromatic carbocycles. The second-order valence-corrected chi connectivity index (χ2v) is 6.44. The standard InChI is InChI=1S/C20H20N2O5/c1-14-16(10-7-11-17(14)22(25)26)20(24)27-18(15-8-3-2-4-9-15)19(23)21-12-5-6-13-21/h2-4,7-11,18H,5-6,12-13H2,1H3/t18-/m0/s1. The number of carbonyl (C=O) groups excluding carboxylic acids is 2. The quantitative estimate of drug-likeness (QED) is 0.458. The maximum atomic E-state index is 12.9. The van der Waals surface area contributed by atoms with Gasteiger partial charge < -0.3 is 9.64 Å². The molecule has 1 amide bonds. The van der Waals surface area contributed by atoms with Gasteiger partial charge in [0.1, 0.15) is 0 Å². The Bertz CT molecular complexity index is 860. The Morgan fingerprint density at radius 3 is 2.37 bits per heavy atom. The van der Waals surface area contributed by atoms with Gasteiger partial charge in [-0.2, -0.15) is 0 Å². The van der Waals surface area contributed by atoms with Gasteiger partial charge in [0.15, 0.2) is 0 Å². The van der Waals surface area contributed by atoms with E-state index in [9.17, 15) is 19.7 Å². The summed E-state index contributed by atoms with van der Waals surface area (Å²) in [6.07, 6.45) is 0.770. The fraction of sp³-hybridized carbons (Fsp3) is 0.300. The minimum Gasteiger partial charge on any atom is -0.444 e. The zero-order valence-corrected chi connectivity index (χ0v) is 15.0. The van der Waals surface area contributed by atoms with Crippen molar-refractivity contribution in [3.05, 3.63) is 75.3 Å². The molecule has 0 spiro atoms. The molecular formula is C20H20N2O5. The van der Waals surface area contributed by atoms with Crippen LogP contribution in [0.15, 0.2) is 48.5 Å². The van der Waals surface area contributed by atoms with Crippen LogP contribution in [0.5, 0.6) is 0 Å². The second-order valence-electron chi connectivity index (χ2n) is 6.44. The predicted octanol–water partition coefficient (Wildman–Crippen LogP) is 3.42. The first kappa shape index (κ1) is 18.6. The average molecular weight is 368 g/mol. The highest BCUT2D eigenvalue weighted by Gasteiger charge is 2.32. The van der Waals surface area contributed by atoms with Crippen LogP contribution >= 0.6 is 0 Å². The van der Waals surface area contributed by atoms with Crippen molar-refractivity contribution in [3.8, 4) is 0 Å². The summed E-state index contributed by atoms with van der Waals surface area (Å²) in [6.45, 7) is 2.76. The highest BCUT2D eigenvalue weighted by molar-refractivity contribution is 5.94. The van der Waals surface area contributed by atoms with Gasteiger partial charge in [-0.15, -0.1) is 0 Å². The van der Waals surface area contributed by atoms with Crippen LogP contribution in [0.3, 0.4) is 0 Å². The molecule has 0 unspecified atom stereocenters. The number of benzene rings is 2. The molecule has 1 saturated heterocycles. The molecule has 140 valence electrons. The van der Waals surface area contributed by atoms with Crippen molar-refractivity contribution in [2.75, 3.05) is 13.1 Å². The lowest BCUT2D eigenvalue weighted by atomic mass is 10.1. The lowest BCUT2D eigenvalue weighted by Gasteiger charge is -2.23. The van der Waals surface area contributed by atoms with E-state index in [1.807, 2.05) is 6.07 Å². The maximum absolute atomic E-state index is 12.9. The van der Waals surface area contributed by atoms with Crippen LogP contribution in [-0.2, 0) is 9.53 Å². The molecule has 1 aliphatic heterocycles. The molecule has 7 heteroatoms. The number of esters is 1. The van der Waals surface area contributed by atoms with Gasteiger partial charge in [-0.1, -0.05) is 36.4 Å². The van der Waals surface area contributed by atoms with Gasteiger partial charge in [0.05, 0.1) is 10.5 Å². The van der Waals surface area contributed by atoms with Crippen molar-refractivity contribution >= 4 is 17.6 Å². The van der Waals surface area contributed by atoms with E-state index in [0.29, 0.717) is 18.7 Å². The molecule has 0 saturated carbocycles. The normalized spacial score (nSPS) is 14.6. The van der Waals surface area contributed by atoms with E-state index in [2.05, 4.69) is 0 Å². The van der Waals surface area contributed by atoms with E-state index in [1.54, 1.807) is 29.2 Å². The van der Waals surface area contributed by atoms with Gasteiger partial charge >= 0.3 is 5.97 Å². The summed E-state index contributed by atoms with van der Waals surface area (Å²) in [6, 6.07) is 13.0. The third kappa shape index (κ3) is 3.97. The molecular weight excluding hydrogens is 348 g/mol. The number of likely N-dealkylation sites (tertiary alicyclic amines) is 1. The highest BCUT2D eigenvalue weighted by atomic mass is 16.6. The first-order chi connectivity index (χ1) is 13.0. The molecule has 3 rings (SSSR count).